The first kappa shape index (κ1) is 14.9. The summed E-state index contributed by atoms with van der Waals surface area (Å²) >= 11 is 0. The molecule has 0 atom stereocenters. The van der Waals surface area contributed by atoms with Crippen molar-refractivity contribution in [1.82, 2.24) is 10.6 Å². The predicted octanol–water partition coefficient (Wildman–Crippen LogP) is 2.54. The number of nitrogens with zero attached hydrogens (tertiary/aromatic N) is 1. The van der Waals surface area contributed by atoms with Crippen LogP contribution in [0.1, 0.15) is 13.8 Å². The van der Waals surface area contributed by atoms with Crippen LogP contribution in [0.3, 0.4) is 0 Å². The molecule has 0 aromatic heterocycles. The molecule has 0 aromatic carbocycles. The van der Waals surface area contributed by atoms with Crippen molar-refractivity contribution in [3.8, 4) is 0 Å². The zero-order valence-electron chi connectivity index (χ0n) is 10.4. The Balaban J connectivity index is 4.56. The van der Waals surface area contributed by atoms with E-state index in [2.05, 4.69) is 28.8 Å². The van der Waals surface area contributed by atoms with Crippen LogP contribution in [0.4, 0.5) is 4.79 Å². The molecular formula is C13H19N3O. The van der Waals surface area contributed by atoms with Gasteiger partial charge < -0.3 is 10.6 Å². The molecule has 0 bridgehead atoms. The number of nitrogens with one attached hydrogen (secondary N) is 2. The molecule has 2 N–H and O–H groups in total. The van der Waals surface area contributed by atoms with E-state index in [1.807, 2.05) is 19.9 Å². The van der Waals surface area contributed by atoms with E-state index in [1.165, 1.54) is 6.20 Å². The van der Waals surface area contributed by atoms with Crippen LogP contribution in [-0.2, 0) is 0 Å². The van der Waals surface area contributed by atoms with Gasteiger partial charge in [-0.25, -0.2) is 4.79 Å². The second-order valence-corrected chi connectivity index (χ2v) is 2.96. The Morgan fingerprint density at radius 2 is 2.06 bits per heavy atom. The summed E-state index contributed by atoms with van der Waals surface area (Å²) < 4.78 is 0. The first-order chi connectivity index (χ1) is 8.19. The van der Waals surface area contributed by atoms with E-state index in [4.69, 9.17) is 0 Å². The van der Waals surface area contributed by atoms with Crippen LogP contribution in [0, 0.1) is 0 Å². The van der Waals surface area contributed by atoms with Gasteiger partial charge in [0.15, 0.2) is 0 Å². The Hall–Kier alpha value is -2.10. The second-order valence-electron chi connectivity index (χ2n) is 2.96. The van der Waals surface area contributed by atoms with Gasteiger partial charge in [-0.05, 0) is 37.8 Å². The number of urea groups is 1. The third kappa shape index (κ3) is 6.14. The largest absolute Gasteiger partial charge is 0.322 e. The number of aliphatic imine (C=N–C) groups is 1. The fourth-order valence-corrected chi connectivity index (χ4v) is 1.12. The van der Waals surface area contributed by atoms with Crippen molar-refractivity contribution in [3.63, 3.8) is 0 Å². The lowest BCUT2D eigenvalue weighted by molar-refractivity contribution is 0.247. The summed E-state index contributed by atoms with van der Waals surface area (Å²) in [4.78, 5) is 15.3. The van der Waals surface area contributed by atoms with Gasteiger partial charge in [-0.3, -0.25) is 4.99 Å². The maximum atomic E-state index is 11.1. The molecule has 4 nitrogen and oxygen atoms in total. The van der Waals surface area contributed by atoms with Gasteiger partial charge in [-0.15, -0.1) is 0 Å². The SMILES string of the molecule is C=CNC(=O)N/C=C/C(=C/C)C(C=C)=NCC. The number of hydrogen-bond acceptors (Lipinski definition) is 2. The topological polar surface area (TPSA) is 53.5 Å². The molecule has 0 radical (unpaired) electrons. The Morgan fingerprint density at radius 3 is 2.53 bits per heavy atom. The monoisotopic (exact) mass is 233 g/mol. The highest BCUT2D eigenvalue weighted by atomic mass is 16.2. The summed E-state index contributed by atoms with van der Waals surface area (Å²) in [5.41, 5.74) is 1.71. The number of hydrogen-bond donors (Lipinski definition) is 2. The zero-order chi connectivity index (χ0) is 13.1. The van der Waals surface area contributed by atoms with Crippen molar-refractivity contribution in [3.05, 3.63) is 49.4 Å². The third-order valence-corrected chi connectivity index (χ3v) is 1.84. The van der Waals surface area contributed by atoms with Gasteiger partial charge in [0, 0.05) is 12.7 Å². The van der Waals surface area contributed by atoms with E-state index in [0.29, 0.717) is 6.54 Å². The van der Waals surface area contributed by atoms with Crippen LogP contribution in [0.15, 0.2) is 54.4 Å². The molecule has 17 heavy (non-hydrogen) atoms. The summed E-state index contributed by atoms with van der Waals surface area (Å²) in [7, 11) is 0. The molecule has 0 aromatic rings. The van der Waals surface area contributed by atoms with Crippen LogP contribution in [0.25, 0.3) is 0 Å². The smallest absolute Gasteiger partial charge is 0.315 e. The van der Waals surface area contributed by atoms with Crippen LogP contribution >= 0.6 is 0 Å². The lowest BCUT2D eigenvalue weighted by Crippen LogP contribution is -2.27. The van der Waals surface area contributed by atoms with E-state index in [1.54, 1.807) is 18.4 Å². The molecule has 0 aliphatic rings. The molecule has 0 rings (SSSR count). The number of allylic oxidation sites excluding steroid dienone is 4. The molecule has 4 heteroatoms. The summed E-state index contributed by atoms with van der Waals surface area (Å²) in [5.74, 6) is 0. The van der Waals surface area contributed by atoms with E-state index < -0.39 is 0 Å². The van der Waals surface area contributed by atoms with Gasteiger partial charge in [0.2, 0.25) is 0 Å². The second kappa shape index (κ2) is 9.15. The number of carbonyl (C=O) groups is 1. The van der Waals surface area contributed by atoms with Crippen molar-refractivity contribution in [1.29, 1.82) is 0 Å². The van der Waals surface area contributed by atoms with E-state index in [0.717, 1.165) is 11.3 Å². The average molecular weight is 233 g/mol. The first-order valence-electron chi connectivity index (χ1n) is 5.37. The minimum Gasteiger partial charge on any atom is -0.315 e. The number of amides is 2. The van der Waals surface area contributed by atoms with Crippen molar-refractivity contribution in [2.75, 3.05) is 6.54 Å². The highest BCUT2D eigenvalue weighted by molar-refractivity contribution is 6.10. The standard InChI is InChI=1S/C13H19N3O/c1-5-11(12(6-2)14-7-3)9-10-16-13(17)15-8-4/h5-6,8-10H,2,4,7H2,1,3H3,(H2,15,16,17)/b10-9+,11-5-,14-12?. The third-order valence-electron chi connectivity index (χ3n) is 1.84. The van der Waals surface area contributed by atoms with Gasteiger partial charge in [0.1, 0.15) is 0 Å². The van der Waals surface area contributed by atoms with Crippen molar-refractivity contribution < 1.29 is 4.79 Å². The minimum atomic E-state index is -0.334. The lowest BCUT2D eigenvalue weighted by Gasteiger charge is -2.02. The summed E-state index contributed by atoms with van der Waals surface area (Å²) in [6.07, 6.45) is 8.21. The van der Waals surface area contributed by atoms with Crippen molar-refractivity contribution in [2.24, 2.45) is 4.99 Å². The molecule has 0 fully saturated rings. The molecule has 0 saturated heterocycles. The van der Waals surface area contributed by atoms with E-state index >= 15 is 0 Å². The predicted molar refractivity (Wildman–Crippen MR) is 72.9 cm³/mol. The Labute approximate surface area is 103 Å². The molecule has 0 aliphatic carbocycles. The van der Waals surface area contributed by atoms with Gasteiger partial charge in [-0.1, -0.05) is 19.2 Å². The average Bonchev–Trinajstić information content (AvgIpc) is 2.32. The van der Waals surface area contributed by atoms with Crippen LogP contribution < -0.4 is 10.6 Å². The molecule has 0 heterocycles. The van der Waals surface area contributed by atoms with Gasteiger partial charge >= 0.3 is 6.03 Å². The lowest BCUT2D eigenvalue weighted by atomic mass is 10.1. The fourth-order valence-electron chi connectivity index (χ4n) is 1.12. The molecule has 0 aliphatic heterocycles. The van der Waals surface area contributed by atoms with Gasteiger partial charge in [0.25, 0.3) is 0 Å². The van der Waals surface area contributed by atoms with E-state index in [-0.39, 0.29) is 6.03 Å². The summed E-state index contributed by atoms with van der Waals surface area (Å²) in [5, 5.41) is 4.94. The van der Waals surface area contributed by atoms with Crippen LogP contribution in [-0.4, -0.2) is 18.3 Å². The van der Waals surface area contributed by atoms with E-state index in [9.17, 15) is 4.79 Å². The molecular weight excluding hydrogens is 214 g/mol. The fraction of sp³-hybridized carbons (Fsp3) is 0.231. The Bertz CT molecular complexity index is 365. The zero-order valence-corrected chi connectivity index (χ0v) is 10.4. The Kier molecular flexibility index (Phi) is 8.02. The minimum absolute atomic E-state index is 0.334. The van der Waals surface area contributed by atoms with Gasteiger partial charge in [0.05, 0.1) is 5.71 Å². The quantitative estimate of drug-likeness (QED) is 0.537. The van der Waals surface area contributed by atoms with Crippen molar-refractivity contribution in [2.45, 2.75) is 13.8 Å². The molecule has 0 spiro atoms. The van der Waals surface area contributed by atoms with Crippen LogP contribution in [0.2, 0.25) is 0 Å². The van der Waals surface area contributed by atoms with Crippen LogP contribution in [0.5, 0.6) is 0 Å². The molecule has 92 valence electrons. The maximum Gasteiger partial charge on any atom is 0.322 e. The summed E-state index contributed by atoms with van der Waals surface area (Å²) in [6.45, 7) is 11.6. The Morgan fingerprint density at radius 1 is 1.35 bits per heavy atom. The van der Waals surface area contributed by atoms with Gasteiger partial charge in [-0.2, -0.15) is 0 Å². The molecule has 0 saturated carbocycles. The first-order valence-corrected chi connectivity index (χ1v) is 5.37. The molecule has 0 unspecified atom stereocenters. The highest BCUT2D eigenvalue weighted by Gasteiger charge is 1.97. The molecule has 2 amide bonds. The number of carbonyl (C=O) groups excluding carboxylic acids is 1. The number of rotatable bonds is 6. The normalized spacial score (nSPS) is 12.4. The summed E-state index contributed by atoms with van der Waals surface area (Å²) in [6, 6.07) is -0.334. The highest BCUT2D eigenvalue weighted by Crippen LogP contribution is 2.02. The maximum absolute atomic E-state index is 11.1. The van der Waals surface area contributed by atoms with Crippen molar-refractivity contribution >= 4 is 11.7 Å².